The molecule has 0 aliphatic heterocycles. The Kier molecular flexibility index (Phi) is 4.15. The van der Waals surface area contributed by atoms with Gasteiger partial charge in [-0.15, -0.1) is 0 Å². The van der Waals surface area contributed by atoms with Gasteiger partial charge >= 0.3 is 6.18 Å². The summed E-state index contributed by atoms with van der Waals surface area (Å²) >= 11 is 0. The Morgan fingerprint density at radius 1 is 1.38 bits per heavy atom. The lowest BCUT2D eigenvalue weighted by Crippen LogP contribution is -2.23. The highest BCUT2D eigenvalue weighted by molar-refractivity contribution is 5.94. The second-order valence-electron chi connectivity index (χ2n) is 4.30. The minimum atomic E-state index is -4.53. The van der Waals surface area contributed by atoms with Crippen LogP contribution >= 0.6 is 0 Å². The highest BCUT2D eigenvalue weighted by Crippen LogP contribution is 2.35. The van der Waals surface area contributed by atoms with Crippen LogP contribution in [0, 0.1) is 0 Å². The third-order valence-corrected chi connectivity index (χ3v) is 2.86. The number of aromatic nitrogens is 2. The van der Waals surface area contributed by atoms with E-state index in [2.05, 4.69) is 20.8 Å². The van der Waals surface area contributed by atoms with Gasteiger partial charge in [-0.3, -0.25) is 9.89 Å². The highest BCUT2D eigenvalue weighted by atomic mass is 19.4. The zero-order valence-corrected chi connectivity index (χ0v) is 11.1. The number of halogens is 3. The number of benzene rings is 1. The van der Waals surface area contributed by atoms with E-state index in [0.29, 0.717) is 0 Å². The van der Waals surface area contributed by atoms with Crippen LogP contribution in [0.25, 0.3) is 0 Å². The summed E-state index contributed by atoms with van der Waals surface area (Å²) in [6.45, 7) is 0.185. The molecule has 0 saturated heterocycles. The van der Waals surface area contributed by atoms with Gasteiger partial charge in [0.15, 0.2) is 0 Å². The van der Waals surface area contributed by atoms with Gasteiger partial charge in [0.05, 0.1) is 11.8 Å². The monoisotopic (exact) mass is 298 g/mol. The number of anilines is 1. The second-order valence-corrected chi connectivity index (χ2v) is 4.30. The number of carbonyl (C=O) groups is 1. The van der Waals surface area contributed by atoms with Gasteiger partial charge in [0.25, 0.3) is 5.91 Å². The van der Waals surface area contributed by atoms with E-state index in [1.807, 2.05) is 0 Å². The number of H-pyrrole nitrogens is 1. The molecule has 3 N–H and O–H groups in total. The third kappa shape index (κ3) is 3.53. The van der Waals surface area contributed by atoms with Crippen molar-refractivity contribution in [2.45, 2.75) is 12.7 Å². The van der Waals surface area contributed by atoms with Crippen molar-refractivity contribution >= 4 is 11.6 Å². The van der Waals surface area contributed by atoms with E-state index in [4.69, 9.17) is 0 Å². The lowest BCUT2D eigenvalue weighted by atomic mass is 10.1. The largest absolute Gasteiger partial charge is 0.418 e. The second kappa shape index (κ2) is 5.86. The first-order valence-corrected chi connectivity index (χ1v) is 6.06. The molecule has 2 rings (SSSR count). The van der Waals surface area contributed by atoms with Crippen LogP contribution < -0.4 is 10.6 Å². The van der Waals surface area contributed by atoms with E-state index < -0.39 is 17.6 Å². The number of aromatic amines is 1. The Hall–Kier alpha value is -2.51. The Bertz CT molecular complexity index is 623. The molecule has 2 aromatic rings. The summed E-state index contributed by atoms with van der Waals surface area (Å²) in [7, 11) is 1.39. The van der Waals surface area contributed by atoms with Crippen molar-refractivity contribution in [3.63, 3.8) is 0 Å². The molecular weight excluding hydrogens is 285 g/mol. The zero-order valence-electron chi connectivity index (χ0n) is 11.1. The molecule has 8 heteroatoms. The van der Waals surface area contributed by atoms with Gasteiger partial charge in [-0.1, -0.05) is 0 Å². The number of nitrogens with zero attached hydrogens (tertiary/aromatic N) is 1. The van der Waals surface area contributed by atoms with Gasteiger partial charge in [-0.25, -0.2) is 0 Å². The summed E-state index contributed by atoms with van der Waals surface area (Å²) in [5, 5.41) is 11.3. The standard InChI is InChI=1S/C13H13F3N4O/c1-17-11-3-2-9(4-10(11)13(14,15)16)12(21)18-5-8-6-19-20-7-8/h2-4,6-7,17H,5H2,1H3,(H,18,21)(H,19,20). The van der Waals surface area contributed by atoms with Crippen molar-refractivity contribution in [1.82, 2.24) is 15.5 Å². The van der Waals surface area contributed by atoms with E-state index in [1.54, 1.807) is 6.20 Å². The predicted octanol–water partition coefficient (Wildman–Crippen LogP) is 2.40. The molecular formula is C13H13F3N4O. The fraction of sp³-hybridized carbons (Fsp3) is 0.231. The Labute approximate surface area is 118 Å². The molecule has 112 valence electrons. The first-order chi connectivity index (χ1) is 9.91. The fourth-order valence-electron chi connectivity index (χ4n) is 1.80. The van der Waals surface area contributed by atoms with Crippen LogP contribution in [0.3, 0.4) is 0 Å². The molecule has 0 bridgehead atoms. The first kappa shape index (κ1) is 14.9. The van der Waals surface area contributed by atoms with E-state index in [1.165, 1.54) is 25.4 Å². The molecule has 1 heterocycles. The molecule has 0 spiro atoms. The number of carbonyl (C=O) groups excluding carboxylic acids is 1. The van der Waals surface area contributed by atoms with Crippen molar-refractivity contribution in [3.8, 4) is 0 Å². The lowest BCUT2D eigenvalue weighted by molar-refractivity contribution is -0.136. The zero-order chi connectivity index (χ0) is 15.5. The molecule has 1 amide bonds. The van der Waals surface area contributed by atoms with E-state index in [-0.39, 0.29) is 17.8 Å². The highest BCUT2D eigenvalue weighted by Gasteiger charge is 2.34. The minimum Gasteiger partial charge on any atom is -0.388 e. The molecule has 0 atom stereocenters. The molecule has 5 nitrogen and oxygen atoms in total. The van der Waals surface area contributed by atoms with Crippen molar-refractivity contribution in [3.05, 3.63) is 47.3 Å². The van der Waals surface area contributed by atoms with Crippen molar-refractivity contribution < 1.29 is 18.0 Å². The maximum absolute atomic E-state index is 12.9. The van der Waals surface area contributed by atoms with Crippen LogP contribution in [0.1, 0.15) is 21.5 Å². The van der Waals surface area contributed by atoms with Gasteiger partial charge in [0, 0.05) is 36.6 Å². The number of amides is 1. The number of hydrogen-bond acceptors (Lipinski definition) is 3. The normalized spacial score (nSPS) is 11.2. The Morgan fingerprint density at radius 3 is 2.71 bits per heavy atom. The summed E-state index contributed by atoms with van der Waals surface area (Å²) < 4.78 is 38.7. The van der Waals surface area contributed by atoms with Gasteiger partial charge in [0.2, 0.25) is 0 Å². The van der Waals surface area contributed by atoms with Gasteiger partial charge in [0.1, 0.15) is 0 Å². The molecule has 0 saturated carbocycles. The summed E-state index contributed by atoms with van der Waals surface area (Å²) in [4.78, 5) is 11.9. The van der Waals surface area contributed by atoms with Crippen molar-refractivity contribution in [2.24, 2.45) is 0 Å². The number of rotatable bonds is 4. The maximum atomic E-state index is 12.9. The van der Waals surface area contributed by atoms with Crippen molar-refractivity contribution in [2.75, 3.05) is 12.4 Å². The summed E-state index contributed by atoms with van der Waals surface area (Å²) in [5.41, 5.74) is -0.272. The van der Waals surface area contributed by atoms with E-state index in [0.717, 1.165) is 11.6 Å². The minimum absolute atomic E-state index is 0.0511. The fourth-order valence-corrected chi connectivity index (χ4v) is 1.80. The number of hydrogen-bond donors (Lipinski definition) is 3. The smallest absolute Gasteiger partial charge is 0.388 e. The topological polar surface area (TPSA) is 69.8 Å². The Balaban J connectivity index is 2.17. The average Bonchev–Trinajstić information content (AvgIpc) is 2.96. The molecule has 0 aliphatic carbocycles. The van der Waals surface area contributed by atoms with Gasteiger partial charge in [-0.2, -0.15) is 18.3 Å². The summed E-state index contributed by atoms with van der Waals surface area (Å²) in [5.74, 6) is -0.579. The number of nitrogens with one attached hydrogen (secondary N) is 3. The Morgan fingerprint density at radius 2 is 2.14 bits per heavy atom. The molecule has 0 aliphatic rings. The summed E-state index contributed by atoms with van der Waals surface area (Å²) in [6, 6.07) is 3.40. The lowest BCUT2D eigenvalue weighted by Gasteiger charge is -2.14. The number of alkyl halides is 3. The quantitative estimate of drug-likeness (QED) is 0.812. The first-order valence-electron chi connectivity index (χ1n) is 6.06. The molecule has 0 fully saturated rings. The third-order valence-electron chi connectivity index (χ3n) is 2.86. The van der Waals surface area contributed by atoms with Crippen molar-refractivity contribution in [1.29, 1.82) is 0 Å². The molecule has 1 aromatic heterocycles. The molecule has 21 heavy (non-hydrogen) atoms. The van der Waals surface area contributed by atoms with E-state index in [9.17, 15) is 18.0 Å². The van der Waals surface area contributed by atoms with E-state index >= 15 is 0 Å². The van der Waals surface area contributed by atoms with Gasteiger partial charge in [-0.05, 0) is 18.2 Å². The van der Waals surface area contributed by atoms with Crippen LogP contribution in [0.5, 0.6) is 0 Å². The van der Waals surface area contributed by atoms with Crippen LogP contribution in [-0.4, -0.2) is 23.2 Å². The molecule has 0 unspecified atom stereocenters. The SMILES string of the molecule is CNc1ccc(C(=O)NCc2cn[nH]c2)cc1C(F)(F)F. The average molecular weight is 298 g/mol. The van der Waals surface area contributed by atoms with Crippen LogP contribution in [-0.2, 0) is 12.7 Å². The summed E-state index contributed by atoms with van der Waals surface area (Å²) in [6.07, 6.45) is -1.42. The predicted molar refractivity (Wildman–Crippen MR) is 70.7 cm³/mol. The molecule has 1 aromatic carbocycles. The van der Waals surface area contributed by atoms with Crippen LogP contribution in [0.4, 0.5) is 18.9 Å². The maximum Gasteiger partial charge on any atom is 0.418 e. The van der Waals surface area contributed by atoms with Crippen LogP contribution in [0.15, 0.2) is 30.6 Å². The molecule has 0 radical (unpaired) electrons. The van der Waals surface area contributed by atoms with Gasteiger partial charge < -0.3 is 10.6 Å². The van der Waals surface area contributed by atoms with Crippen LogP contribution in [0.2, 0.25) is 0 Å².